The van der Waals surface area contributed by atoms with E-state index in [0.717, 1.165) is 12.0 Å². The number of hydrogen-bond donors (Lipinski definition) is 2. The van der Waals surface area contributed by atoms with E-state index in [1.807, 2.05) is 6.92 Å². The molecule has 7 nitrogen and oxygen atoms in total. The molecule has 0 atom stereocenters. The van der Waals surface area contributed by atoms with Crippen molar-refractivity contribution >= 4 is 23.7 Å². The van der Waals surface area contributed by atoms with Crippen molar-refractivity contribution in [3.05, 3.63) is 52.8 Å². The maximum Gasteiger partial charge on any atom is 0.328 e. The van der Waals surface area contributed by atoms with Crippen molar-refractivity contribution < 1.29 is 14.4 Å². The lowest BCUT2D eigenvalue weighted by Crippen LogP contribution is -2.35. The summed E-state index contributed by atoms with van der Waals surface area (Å²) in [6.45, 7) is 1.91. The van der Waals surface area contributed by atoms with Crippen LogP contribution in [0.1, 0.15) is 44.8 Å². The summed E-state index contributed by atoms with van der Waals surface area (Å²) in [5.74, 6) is -0.430. The van der Waals surface area contributed by atoms with Crippen molar-refractivity contribution in [3.8, 4) is 0 Å². The second kappa shape index (κ2) is 6.57. The average Bonchev–Trinajstić information content (AvgIpc) is 2.55. The molecule has 122 valence electrons. The van der Waals surface area contributed by atoms with Gasteiger partial charge in [0.1, 0.15) is 0 Å². The number of nitrogens with one attached hydrogen (secondary N) is 2. The number of carbonyl (C=O) groups excluding carboxylic acids is 3. The topological polar surface area (TPSA) is 101 Å². The third-order valence-electron chi connectivity index (χ3n) is 3.75. The summed E-state index contributed by atoms with van der Waals surface area (Å²) in [6, 6.07) is 6.13. The first-order valence-corrected chi connectivity index (χ1v) is 7.61. The van der Waals surface area contributed by atoms with Gasteiger partial charge in [-0.25, -0.2) is 14.8 Å². The molecule has 24 heavy (non-hydrogen) atoms. The zero-order valence-electron chi connectivity index (χ0n) is 13.1. The lowest BCUT2D eigenvalue weighted by Gasteiger charge is -2.14. The highest BCUT2D eigenvalue weighted by molar-refractivity contribution is 6.07. The fraction of sp³-hybridized carbons (Fsp3) is 0.235. The van der Waals surface area contributed by atoms with Crippen LogP contribution in [0.4, 0.5) is 10.7 Å². The van der Waals surface area contributed by atoms with Gasteiger partial charge in [0.2, 0.25) is 5.95 Å². The molecular weight excluding hydrogens is 308 g/mol. The quantitative estimate of drug-likeness (QED) is 0.882. The van der Waals surface area contributed by atoms with E-state index < -0.39 is 11.9 Å². The van der Waals surface area contributed by atoms with Crippen molar-refractivity contribution in [1.29, 1.82) is 0 Å². The van der Waals surface area contributed by atoms with E-state index in [9.17, 15) is 14.4 Å². The van der Waals surface area contributed by atoms with Gasteiger partial charge in [-0.05, 0) is 31.9 Å². The van der Waals surface area contributed by atoms with Crippen molar-refractivity contribution in [2.75, 3.05) is 5.32 Å². The van der Waals surface area contributed by atoms with Crippen molar-refractivity contribution in [2.45, 2.75) is 26.2 Å². The molecule has 1 heterocycles. The Bertz CT molecular complexity index is 815. The monoisotopic (exact) mass is 324 g/mol. The zero-order valence-corrected chi connectivity index (χ0v) is 13.1. The molecule has 0 spiro atoms. The predicted octanol–water partition coefficient (Wildman–Crippen LogP) is 2.27. The Morgan fingerprint density at radius 2 is 1.88 bits per heavy atom. The third-order valence-corrected chi connectivity index (χ3v) is 3.75. The van der Waals surface area contributed by atoms with Crippen LogP contribution in [-0.4, -0.2) is 27.7 Å². The van der Waals surface area contributed by atoms with Gasteiger partial charge in [0.05, 0.1) is 11.3 Å². The first-order valence-electron chi connectivity index (χ1n) is 7.61. The lowest BCUT2D eigenvalue weighted by atomic mass is 9.96. The number of carbonyl (C=O) groups is 3. The van der Waals surface area contributed by atoms with Crippen LogP contribution >= 0.6 is 0 Å². The average molecular weight is 324 g/mol. The van der Waals surface area contributed by atoms with Gasteiger partial charge in [0, 0.05) is 18.2 Å². The van der Waals surface area contributed by atoms with Gasteiger partial charge in [-0.15, -0.1) is 0 Å². The van der Waals surface area contributed by atoms with Gasteiger partial charge in [0.25, 0.3) is 5.91 Å². The summed E-state index contributed by atoms with van der Waals surface area (Å²) >= 11 is 0. The molecule has 0 unspecified atom stereocenters. The number of anilines is 1. The molecule has 7 heteroatoms. The summed E-state index contributed by atoms with van der Waals surface area (Å²) in [5, 5.41) is 4.63. The van der Waals surface area contributed by atoms with Gasteiger partial charge in [0.15, 0.2) is 5.78 Å². The molecule has 1 aromatic carbocycles. The zero-order chi connectivity index (χ0) is 17.1. The van der Waals surface area contributed by atoms with Crippen LogP contribution in [0.25, 0.3) is 0 Å². The van der Waals surface area contributed by atoms with Crippen molar-refractivity contribution in [1.82, 2.24) is 15.3 Å². The fourth-order valence-corrected chi connectivity index (χ4v) is 2.46. The van der Waals surface area contributed by atoms with Crippen LogP contribution in [0, 0.1) is 6.92 Å². The molecule has 0 bridgehead atoms. The minimum absolute atomic E-state index is 0.0156. The number of urea groups is 1. The number of hydrogen-bond acceptors (Lipinski definition) is 5. The van der Waals surface area contributed by atoms with Crippen molar-refractivity contribution in [3.63, 3.8) is 0 Å². The van der Waals surface area contributed by atoms with Crippen LogP contribution in [0.5, 0.6) is 0 Å². The fourth-order valence-electron chi connectivity index (χ4n) is 2.46. The van der Waals surface area contributed by atoms with E-state index in [1.54, 1.807) is 24.3 Å². The van der Waals surface area contributed by atoms with E-state index in [4.69, 9.17) is 0 Å². The predicted molar refractivity (Wildman–Crippen MR) is 87.0 cm³/mol. The van der Waals surface area contributed by atoms with Crippen LogP contribution in [0.2, 0.25) is 0 Å². The maximum absolute atomic E-state index is 12.0. The lowest BCUT2D eigenvalue weighted by molar-refractivity contribution is 0.0960. The minimum Gasteiger partial charge on any atom is -0.294 e. The van der Waals surface area contributed by atoms with Crippen LogP contribution in [0.3, 0.4) is 0 Å². The summed E-state index contributed by atoms with van der Waals surface area (Å²) in [6.07, 6.45) is 3.32. The molecule has 1 aliphatic rings. The second-order valence-corrected chi connectivity index (χ2v) is 5.60. The molecule has 0 saturated carbocycles. The highest BCUT2D eigenvalue weighted by atomic mass is 16.2. The molecule has 0 fully saturated rings. The summed E-state index contributed by atoms with van der Waals surface area (Å²) in [4.78, 5) is 43.7. The molecule has 0 saturated heterocycles. The Hall–Kier alpha value is -3.09. The van der Waals surface area contributed by atoms with Gasteiger partial charge in [-0.3, -0.25) is 20.2 Å². The maximum atomic E-state index is 12.0. The first-order chi connectivity index (χ1) is 11.5. The standard InChI is InChI=1S/C17H16N4O3/c1-10-5-7-11(8-6-10)15(23)20-17(24)21-16-18-9-12-13(19-16)3-2-4-14(12)22/h5-9H,2-4H2,1H3,(H2,18,19,20,21,23,24). The number of aryl methyl sites for hydroxylation is 2. The normalized spacial score (nSPS) is 13.1. The van der Waals surface area contributed by atoms with Crippen LogP contribution < -0.4 is 10.6 Å². The number of amides is 3. The number of benzene rings is 1. The number of aromatic nitrogens is 2. The first kappa shape index (κ1) is 15.8. The minimum atomic E-state index is -0.720. The number of Topliss-reactive ketones (excluding diaryl/α,β-unsaturated/α-hetero) is 1. The van der Waals surface area contributed by atoms with E-state index in [-0.39, 0.29) is 11.7 Å². The van der Waals surface area contributed by atoms with E-state index in [0.29, 0.717) is 29.7 Å². The molecule has 2 N–H and O–H groups in total. The number of imide groups is 1. The SMILES string of the molecule is Cc1ccc(C(=O)NC(=O)Nc2ncc3c(n2)CCCC3=O)cc1. The van der Waals surface area contributed by atoms with E-state index >= 15 is 0 Å². The van der Waals surface area contributed by atoms with Gasteiger partial charge < -0.3 is 0 Å². The molecule has 1 aliphatic carbocycles. The van der Waals surface area contributed by atoms with Gasteiger partial charge >= 0.3 is 6.03 Å². The largest absolute Gasteiger partial charge is 0.328 e. The van der Waals surface area contributed by atoms with Crippen LogP contribution in [-0.2, 0) is 6.42 Å². The molecule has 2 aromatic rings. The molecule has 0 radical (unpaired) electrons. The molecule has 0 aliphatic heterocycles. The molecule has 3 amide bonds. The second-order valence-electron chi connectivity index (χ2n) is 5.60. The van der Waals surface area contributed by atoms with E-state index in [1.165, 1.54) is 6.20 Å². The van der Waals surface area contributed by atoms with Crippen molar-refractivity contribution in [2.24, 2.45) is 0 Å². The molecule has 1 aromatic heterocycles. The highest BCUT2D eigenvalue weighted by Crippen LogP contribution is 2.19. The summed E-state index contributed by atoms with van der Waals surface area (Å²) in [7, 11) is 0. The highest BCUT2D eigenvalue weighted by Gasteiger charge is 2.20. The smallest absolute Gasteiger partial charge is 0.294 e. The Morgan fingerprint density at radius 3 is 2.62 bits per heavy atom. The van der Waals surface area contributed by atoms with Gasteiger partial charge in [-0.2, -0.15) is 0 Å². The Labute approximate surface area is 138 Å². The van der Waals surface area contributed by atoms with Crippen LogP contribution in [0.15, 0.2) is 30.5 Å². The summed E-state index contributed by atoms with van der Waals surface area (Å²) in [5.41, 5.74) is 2.53. The number of nitrogens with zero attached hydrogens (tertiary/aromatic N) is 2. The molecule has 3 rings (SSSR count). The van der Waals surface area contributed by atoms with E-state index in [2.05, 4.69) is 20.6 Å². The van der Waals surface area contributed by atoms with Gasteiger partial charge in [-0.1, -0.05) is 17.7 Å². The number of fused-ring (bicyclic) bond motifs is 1. The third kappa shape index (κ3) is 3.45. The molecular formula is C17H16N4O3. The number of rotatable bonds is 2. The number of ketones is 1. The Balaban J connectivity index is 1.65. The Kier molecular flexibility index (Phi) is 4.33. The summed E-state index contributed by atoms with van der Waals surface area (Å²) < 4.78 is 0. The Morgan fingerprint density at radius 1 is 1.12 bits per heavy atom.